The predicted octanol–water partition coefficient (Wildman–Crippen LogP) is 3.63. The number of aryl methyl sites for hydroxylation is 1. The Hall–Kier alpha value is -3.28. The summed E-state index contributed by atoms with van der Waals surface area (Å²) in [6, 6.07) is 12.2. The lowest BCUT2D eigenvalue weighted by Gasteiger charge is -2.15. The standard InChI is InChI=1S/C22H23N3O3/c1-13-10-17-19-16(8-9-23-21(17)26)20(24-18(19)11-13)15-6-4-14(5-7-15)12-25(2)22(27)28-3/h4-7,10-11,24H,8-9,12H2,1-3H3,(H,23,26). The van der Waals surface area contributed by atoms with Gasteiger partial charge in [0, 0.05) is 42.3 Å². The predicted molar refractivity (Wildman–Crippen MR) is 108 cm³/mol. The average Bonchev–Trinajstić information content (AvgIpc) is 2.96. The summed E-state index contributed by atoms with van der Waals surface area (Å²) in [7, 11) is 3.08. The first-order valence-corrected chi connectivity index (χ1v) is 9.29. The highest BCUT2D eigenvalue weighted by molar-refractivity contribution is 6.10. The van der Waals surface area contributed by atoms with Gasteiger partial charge in [0.25, 0.3) is 5.91 Å². The van der Waals surface area contributed by atoms with Gasteiger partial charge in [-0.2, -0.15) is 0 Å². The minimum absolute atomic E-state index is 0.0146. The van der Waals surface area contributed by atoms with Gasteiger partial charge >= 0.3 is 6.09 Å². The van der Waals surface area contributed by atoms with E-state index in [9.17, 15) is 9.59 Å². The van der Waals surface area contributed by atoms with E-state index in [1.165, 1.54) is 17.6 Å². The summed E-state index contributed by atoms with van der Waals surface area (Å²) in [5.74, 6) is -0.0146. The van der Waals surface area contributed by atoms with Gasteiger partial charge in [-0.05, 0) is 47.7 Å². The second kappa shape index (κ2) is 7.03. The Bertz CT molecular complexity index is 1070. The number of H-pyrrole nitrogens is 1. The molecule has 0 unspecified atom stereocenters. The number of hydrogen-bond acceptors (Lipinski definition) is 3. The highest BCUT2D eigenvalue weighted by Gasteiger charge is 2.22. The zero-order chi connectivity index (χ0) is 19.8. The van der Waals surface area contributed by atoms with E-state index in [-0.39, 0.29) is 12.0 Å². The quantitative estimate of drug-likeness (QED) is 0.732. The van der Waals surface area contributed by atoms with Crippen LogP contribution in [0.5, 0.6) is 0 Å². The largest absolute Gasteiger partial charge is 0.453 e. The topological polar surface area (TPSA) is 74.4 Å². The van der Waals surface area contributed by atoms with Gasteiger partial charge in [-0.15, -0.1) is 0 Å². The van der Waals surface area contributed by atoms with Crippen molar-refractivity contribution in [2.45, 2.75) is 19.9 Å². The molecule has 0 aliphatic carbocycles. The van der Waals surface area contributed by atoms with E-state index >= 15 is 0 Å². The van der Waals surface area contributed by atoms with Crippen LogP contribution in [0.4, 0.5) is 4.79 Å². The van der Waals surface area contributed by atoms with Crippen LogP contribution in [0.25, 0.3) is 22.2 Å². The Morgan fingerprint density at radius 2 is 1.96 bits per heavy atom. The summed E-state index contributed by atoms with van der Waals surface area (Å²) in [6.07, 6.45) is 0.421. The molecule has 6 nitrogen and oxygen atoms in total. The number of hydrogen-bond donors (Lipinski definition) is 2. The average molecular weight is 377 g/mol. The van der Waals surface area contributed by atoms with E-state index in [2.05, 4.69) is 16.4 Å². The van der Waals surface area contributed by atoms with Gasteiger partial charge in [0.2, 0.25) is 0 Å². The Labute approximate surface area is 163 Å². The van der Waals surface area contributed by atoms with Crippen molar-refractivity contribution in [2.24, 2.45) is 0 Å². The number of rotatable bonds is 3. The first-order valence-electron chi connectivity index (χ1n) is 9.29. The van der Waals surface area contributed by atoms with E-state index in [1.54, 1.807) is 7.05 Å². The molecule has 1 aliphatic heterocycles. The van der Waals surface area contributed by atoms with Crippen LogP contribution < -0.4 is 5.32 Å². The summed E-state index contributed by atoms with van der Waals surface area (Å²) in [5, 5.41) is 4.01. The number of aromatic amines is 1. The molecule has 0 bridgehead atoms. The second-order valence-electron chi connectivity index (χ2n) is 7.24. The molecule has 0 fully saturated rings. The molecule has 2 heterocycles. The first-order chi connectivity index (χ1) is 13.5. The maximum atomic E-state index is 12.4. The van der Waals surface area contributed by atoms with E-state index in [1.807, 2.05) is 37.3 Å². The highest BCUT2D eigenvalue weighted by atomic mass is 16.5. The third-order valence-corrected chi connectivity index (χ3v) is 5.20. The number of nitrogens with one attached hydrogen (secondary N) is 2. The van der Waals surface area contributed by atoms with Gasteiger partial charge in [0.05, 0.1) is 7.11 Å². The Morgan fingerprint density at radius 1 is 1.21 bits per heavy atom. The highest BCUT2D eigenvalue weighted by Crippen LogP contribution is 2.35. The fourth-order valence-corrected chi connectivity index (χ4v) is 3.89. The lowest BCUT2D eigenvalue weighted by Crippen LogP contribution is -2.25. The molecule has 28 heavy (non-hydrogen) atoms. The molecule has 0 spiro atoms. The molecule has 0 saturated carbocycles. The summed E-state index contributed by atoms with van der Waals surface area (Å²) in [4.78, 5) is 29.1. The van der Waals surface area contributed by atoms with E-state index < -0.39 is 0 Å². The zero-order valence-corrected chi connectivity index (χ0v) is 16.3. The van der Waals surface area contributed by atoms with Crippen LogP contribution in [-0.2, 0) is 17.7 Å². The van der Waals surface area contributed by atoms with Crippen LogP contribution in [0.3, 0.4) is 0 Å². The molecule has 1 aromatic heterocycles. The lowest BCUT2D eigenvalue weighted by atomic mass is 9.98. The number of amides is 2. The monoisotopic (exact) mass is 377 g/mol. The van der Waals surface area contributed by atoms with E-state index in [0.29, 0.717) is 13.1 Å². The van der Waals surface area contributed by atoms with Crippen molar-refractivity contribution in [2.75, 3.05) is 20.7 Å². The van der Waals surface area contributed by atoms with Crippen molar-refractivity contribution in [3.05, 3.63) is 58.7 Å². The Balaban J connectivity index is 1.73. The van der Waals surface area contributed by atoms with E-state index in [4.69, 9.17) is 4.74 Å². The van der Waals surface area contributed by atoms with Crippen LogP contribution in [0.2, 0.25) is 0 Å². The fraction of sp³-hybridized carbons (Fsp3) is 0.273. The molecule has 0 saturated heterocycles. The van der Waals surface area contributed by atoms with Gasteiger partial charge in [-0.1, -0.05) is 24.3 Å². The van der Waals surface area contributed by atoms with E-state index in [0.717, 1.165) is 45.3 Å². The van der Waals surface area contributed by atoms with Gasteiger partial charge in [0.1, 0.15) is 0 Å². The number of ether oxygens (including phenoxy) is 1. The lowest BCUT2D eigenvalue weighted by molar-refractivity contribution is 0.0957. The van der Waals surface area contributed by atoms with Crippen molar-refractivity contribution < 1.29 is 14.3 Å². The first kappa shape index (κ1) is 18.1. The Morgan fingerprint density at radius 3 is 2.68 bits per heavy atom. The van der Waals surface area contributed by atoms with Crippen molar-refractivity contribution in [1.82, 2.24) is 15.2 Å². The zero-order valence-electron chi connectivity index (χ0n) is 16.3. The third-order valence-electron chi connectivity index (χ3n) is 5.20. The van der Waals surface area contributed by atoms with Crippen LogP contribution in [0.1, 0.15) is 27.0 Å². The van der Waals surface area contributed by atoms with Gasteiger partial charge in [-0.25, -0.2) is 4.79 Å². The molecule has 6 heteroatoms. The van der Waals surface area contributed by atoms with Crippen molar-refractivity contribution in [3.8, 4) is 11.3 Å². The molecule has 2 amide bonds. The van der Waals surface area contributed by atoms with Crippen molar-refractivity contribution in [3.63, 3.8) is 0 Å². The smallest absolute Gasteiger partial charge is 0.409 e. The van der Waals surface area contributed by atoms with Crippen molar-refractivity contribution in [1.29, 1.82) is 0 Å². The second-order valence-corrected chi connectivity index (χ2v) is 7.24. The molecule has 1 aliphatic rings. The number of nitrogens with zero attached hydrogens (tertiary/aromatic N) is 1. The van der Waals surface area contributed by atoms with Gasteiger partial charge in [-0.3, -0.25) is 4.79 Å². The number of carbonyl (C=O) groups excluding carboxylic acids is 2. The molecule has 0 radical (unpaired) electrons. The Kier molecular flexibility index (Phi) is 4.55. The third kappa shape index (κ3) is 3.11. The van der Waals surface area contributed by atoms with Crippen LogP contribution >= 0.6 is 0 Å². The van der Waals surface area contributed by atoms with Gasteiger partial charge in [0.15, 0.2) is 0 Å². The maximum Gasteiger partial charge on any atom is 0.409 e. The molecule has 4 rings (SSSR count). The normalized spacial score (nSPS) is 13.2. The molecule has 144 valence electrons. The van der Waals surface area contributed by atoms with Crippen LogP contribution in [-0.4, -0.2) is 42.6 Å². The molecular weight excluding hydrogens is 354 g/mol. The van der Waals surface area contributed by atoms with Crippen molar-refractivity contribution >= 4 is 22.9 Å². The number of carbonyl (C=O) groups is 2. The summed E-state index contributed by atoms with van der Waals surface area (Å²) < 4.78 is 4.74. The summed E-state index contributed by atoms with van der Waals surface area (Å²) in [6.45, 7) is 3.10. The minimum Gasteiger partial charge on any atom is -0.453 e. The molecule has 2 N–H and O–H groups in total. The minimum atomic E-state index is -0.361. The van der Waals surface area contributed by atoms with Gasteiger partial charge < -0.3 is 19.9 Å². The molecule has 3 aromatic rings. The maximum absolute atomic E-state index is 12.4. The molecular formula is C22H23N3O3. The molecule has 2 aromatic carbocycles. The number of benzene rings is 2. The SMILES string of the molecule is COC(=O)N(C)Cc1ccc(-c2[nH]c3cc(C)cc4c3c2CCNC4=O)cc1. The van der Waals surface area contributed by atoms with Crippen LogP contribution in [0.15, 0.2) is 36.4 Å². The molecule has 0 atom stereocenters. The summed E-state index contributed by atoms with van der Waals surface area (Å²) >= 11 is 0. The number of aromatic nitrogens is 1. The summed E-state index contributed by atoms with van der Waals surface area (Å²) in [5.41, 5.74) is 7.09. The van der Waals surface area contributed by atoms with Crippen LogP contribution in [0, 0.1) is 6.92 Å². The number of methoxy groups -OCH3 is 1. The fourth-order valence-electron chi connectivity index (χ4n) is 3.89.